The average Bonchev–Trinajstić information content (AvgIpc) is 2.85. The van der Waals surface area contributed by atoms with Crippen LogP contribution < -0.4 is 0 Å². The molecule has 1 atom stereocenters. The van der Waals surface area contributed by atoms with Crippen LogP contribution in [0.15, 0.2) is 0 Å². The van der Waals surface area contributed by atoms with Gasteiger partial charge in [0, 0.05) is 18.6 Å². The van der Waals surface area contributed by atoms with E-state index in [4.69, 9.17) is 0 Å². The number of piperidine rings is 1. The van der Waals surface area contributed by atoms with Gasteiger partial charge in [0.15, 0.2) is 0 Å². The highest BCUT2D eigenvalue weighted by molar-refractivity contribution is 5.01. The van der Waals surface area contributed by atoms with Crippen molar-refractivity contribution in [3.8, 4) is 0 Å². The first-order valence-corrected chi connectivity index (χ1v) is 9.06. The second-order valence-corrected chi connectivity index (χ2v) is 8.27. The second-order valence-electron chi connectivity index (χ2n) is 8.27. The maximum absolute atomic E-state index is 2.75. The van der Waals surface area contributed by atoms with Crippen LogP contribution in [0.2, 0.25) is 0 Å². The van der Waals surface area contributed by atoms with Gasteiger partial charge in [-0.25, -0.2) is 0 Å². The standard InChI is InChI=1S/C18H34N2/c1-15(2)20-10-7-18(14-20)12-17(13-18)11-16(3)19-8-5-4-6-9-19/h15-17H,4-14H2,1-3H3. The first-order chi connectivity index (χ1) is 9.58. The Kier molecular flexibility index (Phi) is 4.42. The molecule has 1 unspecified atom stereocenters. The van der Waals surface area contributed by atoms with Gasteiger partial charge in [-0.05, 0) is 90.3 Å². The van der Waals surface area contributed by atoms with Crippen LogP contribution in [-0.4, -0.2) is 48.1 Å². The number of nitrogens with zero attached hydrogens (tertiary/aromatic N) is 2. The molecular weight excluding hydrogens is 244 g/mol. The Morgan fingerprint density at radius 1 is 0.950 bits per heavy atom. The molecule has 0 aromatic heterocycles. The van der Waals surface area contributed by atoms with E-state index in [1.807, 2.05) is 0 Å². The zero-order chi connectivity index (χ0) is 14.2. The monoisotopic (exact) mass is 278 g/mol. The summed E-state index contributed by atoms with van der Waals surface area (Å²) in [5.74, 6) is 1.03. The van der Waals surface area contributed by atoms with Gasteiger partial charge in [-0.3, -0.25) is 0 Å². The first kappa shape index (κ1) is 14.8. The predicted molar refractivity (Wildman–Crippen MR) is 86.0 cm³/mol. The van der Waals surface area contributed by atoms with Gasteiger partial charge in [0.2, 0.25) is 0 Å². The summed E-state index contributed by atoms with van der Waals surface area (Å²) in [6, 6.07) is 1.58. The zero-order valence-corrected chi connectivity index (χ0v) is 13.9. The topological polar surface area (TPSA) is 6.48 Å². The minimum Gasteiger partial charge on any atom is -0.301 e. The molecule has 0 amide bonds. The van der Waals surface area contributed by atoms with E-state index < -0.39 is 0 Å². The molecule has 3 fully saturated rings. The van der Waals surface area contributed by atoms with Crippen molar-refractivity contribution >= 4 is 0 Å². The second kappa shape index (κ2) is 5.96. The predicted octanol–water partition coefficient (Wildman–Crippen LogP) is 3.76. The van der Waals surface area contributed by atoms with E-state index in [1.165, 1.54) is 71.1 Å². The lowest BCUT2D eigenvalue weighted by Gasteiger charge is -2.48. The van der Waals surface area contributed by atoms with Gasteiger partial charge in [0.05, 0.1) is 0 Å². The van der Waals surface area contributed by atoms with Gasteiger partial charge in [0.1, 0.15) is 0 Å². The summed E-state index contributed by atoms with van der Waals surface area (Å²) in [6.45, 7) is 12.7. The fourth-order valence-corrected chi connectivity index (χ4v) is 5.07. The fourth-order valence-electron chi connectivity index (χ4n) is 5.07. The SMILES string of the molecule is CC(C)N1CCC2(CC(CC(C)N3CCCCC3)C2)C1. The van der Waals surface area contributed by atoms with Crippen LogP contribution >= 0.6 is 0 Å². The number of hydrogen-bond donors (Lipinski definition) is 0. The molecule has 2 saturated heterocycles. The van der Waals surface area contributed by atoms with Gasteiger partial charge in [0.25, 0.3) is 0 Å². The Labute approximate surface area is 125 Å². The largest absolute Gasteiger partial charge is 0.301 e. The minimum absolute atomic E-state index is 0.733. The van der Waals surface area contributed by atoms with Crippen LogP contribution in [0.3, 0.4) is 0 Å². The Hall–Kier alpha value is -0.0800. The molecule has 2 aliphatic heterocycles. The van der Waals surface area contributed by atoms with E-state index in [0.29, 0.717) is 0 Å². The van der Waals surface area contributed by atoms with Crippen molar-refractivity contribution in [2.24, 2.45) is 11.3 Å². The van der Waals surface area contributed by atoms with E-state index in [1.54, 1.807) is 0 Å². The zero-order valence-electron chi connectivity index (χ0n) is 13.9. The molecular formula is C18H34N2. The Bertz CT molecular complexity index is 313. The van der Waals surface area contributed by atoms with E-state index in [2.05, 4.69) is 30.6 Å². The maximum Gasteiger partial charge on any atom is 0.00695 e. The van der Waals surface area contributed by atoms with Crippen molar-refractivity contribution < 1.29 is 0 Å². The van der Waals surface area contributed by atoms with Crippen LogP contribution in [0.4, 0.5) is 0 Å². The molecule has 20 heavy (non-hydrogen) atoms. The van der Waals surface area contributed by atoms with E-state index in [0.717, 1.165) is 23.4 Å². The van der Waals surface area contributed by atoms with Gasteiger partial charge in [-0.2, -0.15) is 0 Å². The van der Waals surface area contributed by atoms with Gasteiger partial charge in [-0.15, -0.1) is 0 Å². The molecule has 2 heteroatoms. The highest BCUT2D eigenvalue weighted by Crippen LogP contribution is 2.53. The lowest BCUT2D eigenvalue weighted by atomic mass is 9.60. The Morgan fingerprint density at radius 3 is 2.25 bits per heavy atom. The average molecular weight is 278 g/mol. The van der Waals surface area contributed by atoms with E-state index in [9.17, 15) is 0 Å². The molecule has 116 valence electrons. The summed E-state index contributed by atoms with van der Waals surface area (Å²) in [5, 5.41) is 0. The molecule has 0 radical (unpaired) electrons. The van der Waals surface area contributed by atoms with Gasteiger partial charge < -0.3 is 9.80 Å². The number of hydrogen-bond acceptors (Lipinski definition) is 2. The van der Waals surface area contributed by atoms with Crippen molar-refractivity contribution in [2.45, 2.75) is 77.8 Å². The minimum atomic E-state index is 0.733. The molecule has 1 saturated carbocycles. The molecule has 1 spiro atoms. The molecule has 0 bridgehead atoms. The highest BCUT2D eigenvalue weighted by Gasteiger charge is 2.48. The molecule has 0 aromatic rings. The molecule has 1 aliphatic carbocycles. The molecule has 2 heterocycles. The highest BCUT2D eigenvalue weighted by atomic mass is 15.2. The van der Waals surface area contributed by atoms with Crippen molar-refractivity contribution in [1.29, 1.82) is 0 Å². The lowest BCUT2D eigenvalue weighted by Crippen LogP contribution is -2.45. The lowest BCUT2D eigenvalue weighted by molar-refractivity contribution is 0.0314. The van der Waals surface area contributed by atoms with Crippen LogP contribution in [0.1, 0.15) is 65.7 Å². The number of rotatable bonds is 4. The molecule has 2 nitrogen and oxygen atoms in total. The fraction of sp³-hybridized carbons (Fsp3) is 1.00. The summed E-state index contributed by atoms with van der Waals surface area (Å²) in [7, 11) is 0. The Balaban J connectivity index is 1.42. The smallest absolute Gasteiger partial charge is 0.00695 e. The molecule has 3 rings (SSSR count). The Morgan fingerprint density at radius 2 is 1.65 bits per heavy atom. The van der Waals surface area contributed by atoms with Crippen LogP contribution in [0.5, 0.6) is 0 Å². The molecule has 0 N–H and O–H groups in total. The third-order valence-corrected chi connectivity index (χ3v) is 6.33. The summed E-state index contributed by atoms with van der Waals surface area (Å²) in [6.07, 6.45) is 10.3. The summed E-state index contributed by atoms with van der Waals surface area (Å²) in [4.78, 5) is 5.45. The molecule has 3 aliphatic rings. The first-order valence-electron chi connectivity index (χ1n) is 9.06. The summed E-state index contributed by atoms with van der Waals surface area (Å²) >= 11 is 0. The molecule has 0 aromatic carbocycles. The maximum atomic E-state index is 2.75. The van der Waals surface area contributed by atoms with Gasteiger partial charge in [-0.1, -0.05) is 6.42 Å². The third kappa shape index (κ3) is 3.06. The summed E-state index contributed by atoms with van der Waals surface area (Å²) in [5.41, 5.74) is 0.733. The van der Waals surface area contributed by atoms with E-state index in [-0.39, 0.29) is 0 Å². The van der Waals surface area contributed by atoms with Gasteiger partial charge >= 0.3 is 0 Å². The third-order valence-electron chi connectivity index (χ3n) is 6.33. The van der Waals surface area contributed by atoms with Crippen molar-refractivity contribution in [1.82, 2.24) is 9.80 Å². The van der Waals surface area contributed by atoms with Crippen LogP contribution in [0, 0.1) is 11.3 Å². The number of likely N-dealkylation sites (tertiary alicyclic amines) is 2. The van der Waals surface area contributed by atoms with E-state index >= 15 is 0 Å². The van der Waals surface area contributed by atoms with Crippen LogP contribution in [-0.2, 0) is 0 Å². The summed E-state index contributed by atoms with van der Waals surface area (Å²) < 4.78 is 0. The van der Waals surface area contributed by atoms with Crippen LogP contribution in [0.25, 0.3) is 0 Å². The normalized spacial score (nSPS) is 37.5. The quantitative estimate of drug-likeness (QED) is 0.772. The van der Waals surface area contributed by atoms with Crippen molar-refractivity contribution in [3.05, 3.63) is 0 Å². The van der Waals surface area contributed by atoms with Crippen molar-refractivity contribution in [3.63, 3.8) is 0 Å². The van der Waals surface area contributed by atoms with Crippen molar-refractivity contribution in [2.75, 3.05) is 26.2 Å².